The molecule has 222 valence electrons. The molecular weight excluding hydrogens is 552 g/mol. The number of aliphatic hydroxyl groups excluding tert-OH is 2. The summed E-state index contributed by atoms with van der Waals surface area (Å²) in [5.41, 5.74) is 5.86. The lowest BCUT2D eigenvalue weighted by Crippen LogP contribution is -2.28. The summed E-state index contributed by atoms with van der Waals surface area (Å²) in [6.07, 6.45) is -3.50. The maximum atomic E-state index is 11.0. The fourth-order valence-corrected chi connectivity index (χ4v) is 5.49. The third-order valence-corrected chi connectivity index (χ3v) is 7.29. The zero-order chi connectivity index (χ0) is 30.4. The summed E-state index contributed by atoms with van der Waals surface area (Å²) in [6, 6.07) is 32.0. The van der Waals surface area contributed by atoms with E-state index in [2.05, 4.69) is 29.0 Å². The Balaban J connectivity index is 1.47. The van der Waals surface area contributed by atoms with E-state index < -0.39 is 29.7 Å². The molecule has 9 heteroatoms. The highest BCUT2D eigenvalue weighted by atomic mass is 16.7. The van der Waals surface area contributed by atoms with E-state index in [9.17, 15) is 19.8 Å². The average molecular weight is 585 g/mol. The molecule has 2 unspecified atom stereocenters. The summed E-state index contributed by atoms with van der Waals surface area (Å²) in [5, 5.41) is 28.7. The molecule has 0 fully saturated rings. The molecule has 0 amide bonds. The smallest absolute Gasteiger partial charge is 0.491 e. The second kappa shape index (κ2) is 13.0. The monoisotopic (exact) mass is 584 g/mol. The van der Waals surface area contributed by atoms with Gasteiger partial charge in [-0.25, -0.2) is 4.79 Å². The van der Waals surface area contributed by atoms with Crippen LogP contribution < -0.4 is 9.47 Å². The summed E-state index contributed by atoms with van der Waals surface area (Å²) in [6.45, 7) is 0.614. The van der Waals surface area contributed by atoms with Gasteiger partial charge in [0.05, 0.1) is 5.41 Å². The Labute approximate surface area is 248 Å². The standard InChI is InChI=1S/C34H32O9/c1-22(35)40-18-25(36)19-41-27-14-10-23(11-15-27)34(31-8-4-2-6-29(31)30-7-3-5-9-32(30)34)24-12-16-28(17-13-24)42-20-26(37)21-43-33(38)39/h2-17,25-26,36-37H,18-21H2,1H3,(H,38,39). The normalized spacial score (nSPS) is 14.1. The molecule has 1 aliphatic carbocycles. The van der Waals surface area contributed by atoms with Gasteiger partial charge in [0.15, 0.2) is 0 Å². The van der Waals surface area contributed by atoms with Crippen LogP contribution in [0.5, 0.6) is 11.5 Å². The lowest BCUT2D eigenvalue weighted by atomic mass is 9.68. The van der Waals surface area contributed by atoms with Crippen molar-refractivity contribution in [3.05, 3.63) is 119 Å². The molecule has 0 radical (unpaired) electrons. The first kappa shape index (κ1) is 29.6. The summed E-state index contributed by atoms with van der Waals surface area (Å²) in [4.78, 5) is 21.6. The van der Waals surface area contributed by atoms with Crippen LogP contribution in [0.4, 0.5) is 4.79 Å². The molecule has 0 saturated carbocycles. The predicted molar refractivity (Wildman–Crippen MR) is 157 cm³/mol. The molecule has 0 bridgehead atoms. The number of benzene rings is 4. The molecule has 0 spiro atoms. The van der Waals surface area contributed by atoms with Gasteiger partial charge in [-0.1, -0.05) is 72.8 Å². The molecule has 4 aromatic carbocycles. The average Bonchev–Trinajstić information content (AvgIpc) is 3.32. The summed E-state index contributed by atoms with van der Waals surface area (Å²) in [7, 11) is 0. The van der Waals surface area contributed by atoms with Crippen LogP contribution >= 0.6 is 0 Å². The molecule has 43 heavy (non-hydrogen) atoms. The van der Waals surface area contributed by atoms with E-state index in [1.54, 1.807) is 0 Å². The largest absolute Gasteiger partial charge is 0.505 e. The first-order valence-corrected chi connectivity index (χ1v) is 13.8. The van der Waals surface area contributed by atoms with Crippen LogP contribution in [0.2, 0.25) is 0 Å². The van der Waals surface area contributed by atoms with Crippen LogP contribution in [-0.4, -0.2) is 66.1 Å². The number of carboxylic acid groups (broad SMARTS) is 1. The number of hydrogen-bond donors (Lipinski definition) is 3. The predicted octanol–water partition coefficient (Wildman–Crippen LogP) is 4.79. The minimum Gasteiger partial charge on any atom is -0.491 e. The molecule has 1 aliphatic rings. The Kier molecular flexibility index (Phi) is 8.94. The van der Waals surface area contributed by atoms with Crippen molar-refractivity contribution in [1.29, 1.82) is 0 Å². The van der Waals surface area contributed by atoms with E-state index in [1.165, 1.54) is 6.92 Å². The van der Waals surface area contributed by atoms with Crippen molar-refractivity contribution >= 4 is 12.1 Å². The minimum absolute atomic E-state index is 0.0258. The quantitative estimate of drug-likeness (QED) is 0.177. The van der Waals surface area contributed by atoms with Crippen molar-refractivity contribution in [2.24, 2.45) is 0 Å². The maximum absolute atomic E-state index is 11.0. The maximum Gasteiger partial charge on any atom is 0.505 e. The van der Waals surface area contributed by atoms with Gasteiger partial charge in [0.2, 0.25) is 0 Å². The van der Waals surface area contributed by atoms with Crippen molar-refractivity contribution in [1.82, 2.24) is 0 Å². The van der Waals surface area contributed by atoms with Crippen molar-refractivity contribution in [3.63, 3.8) is 0 Å². The van der Waals surface area contributed by atoms with Crippen LogP contribution in [0.15, 0.2) is 97.1 Å². The fourth-order valence-electron chi connectivity index (χ4n) is 5.49. The van der Waals surface area contributed by atoms with Crippen molar-refractivity contribution in [3.8, 4) is 22.6 Å². The molecule has 9 nitrogen and oxygen atoms in total. The molecule has 3 N–H and O–H groups in total. The Bertz CT molecular complexity index is 1440. The Hall–Kier alpha value is -4.86. The number of aliphatic hydroxyl groups is 2. The van der Waals surface area contributed by atoms with Gasteiger partial charge in [-0.3, -0.25) is 4.79 Å². The first-order chi connectivity index (χ1) is 20.8. The van der Waals surface area contributed by atoms with Gasteiger partial charge in [-0.15, -0.1) is 0 Å². The molecule has 0 aliphatic heterocycles. The highest BCUT2D eigenvalue weighted by Gasteiger charge is 2.45. The number of rotatable bonds is 12. The lowest BCUT2D eigenvalue weighted by Gasteiger charge is -2.34. The number of ether oxygens (including phenoxy) is 4. The van der Waals surface area contributed by atoms with Gasteiger partial charge in [0.25, 0.3) is 0 Å². The second-order valence-electron chi connectivity index (χ2n) is 10.2. The van der Waals surface area contributed by atoms with E-state index >= 15 is 0 Å². The van der Waals surface area contributed by atoms with Crippen LogP contribution in [0, 0.1) is 0 Å². The molecular formula is C34H32O9. The SMILES string of the molecule is CC(=O)OCC(O)COc1ccc(C2(c3ccc(OCC(O)COC(=O)O)cc3)c3ccccc3-c3ccccc32)cc1. The zero-order valence-corrected chi connectivity index (χ0v) is 23.5. The van der Waals surface area contributed by atoms with Crippen molar-refractivity contribution < 1.29 is 43.9 Å². The van der Waals surface area contributed by atoms with Gasteiger partial charge in [-0.2, -0.15) is 0 Å². The van der Waals surface area contributed by atoms with Gasteiger partial charge < -0.3 is 34.3 Å². The molecule has 0 saturated heterocycles. The fraction of sp³-hybridized carbons (Fsp3) is 0.235. The number of carbonyl (C=O) groups excluding carboxylic acids is 1. The summed E-state index contributed by atoms with van der Waals surface area (Å²) in [5.74, 6) is 0.617. The van der Waals surface area contributed by atoms with Gasteiger partial charge >= 0.3 is 12.1 Å². The Morgan fingerprint density at radius 3 is 1.47 bits per heavy atom. The lowest BCUT2D eigenvalue weighted by molar-refractivity contribution is -0.144. The van der Waals surface area contributed by atoms with E-state index in [4.69, 9.17) is 19.3 Å². The Morgan fingerprint density at radius 1 is 0.628 bits per heavy atom. The number of esters is 1. The molecule has 2 atom stereocenters. The highest BCUT2D eigenvalue weighted by molar-refractivity contribution is 5.86. The van der Waals surface area contributed by atoms with Crippen LogP contribution in [0.1, 0.15) is 29.2 Å². The molecule has 4 aromatic rings. The summed E-state index contributed by atoms with van der Waals surface area (Å²) < 4.78 is 20.7. The second-order valence-corrected chi connectivity index (χ2v) is 10.2. The Morgan fingerprint density at radius 2 is 1.05 bits per heavy atom. The van der Waals surface area contributed by atoms with E-state index in [-0.39, 0.29) is 26.4 Å². The molecule has 0 heterocycles. The van der Waals surface area contributed by atoms with E-state index in [1.807, 2.05) is 72.8 Å². The van der Waals surface area contributed by atoms with Gasteiger partial charge in [0, 0.05) is 6.92 Å². The first-order valence-electron chi connectivity index (χ1n) is 13.8. The third kappa shape index (κ3) is 6.33. The number of carbonyl (C=O) groups is 2. The highest BCUT2D eigenvalue weighted by Crippen LogP contribution is 2.56. The van der Waals surface area contributed by atoms with Crippen molar-refractivity contribution in [2.75, 3.05) is 26.4 Å². The molecule has 0 aromatic heterocycles. The summed E-state index contributed by atoms with van der Waals surface area (Å²) >= 11 is 0. The molecule has 5 rings (SSSR count). The minimum atomic E-state index is -1.46. The topological polar surface area (TPSA) is 132 Å². The van der Waals surface area contributed by atoms with E-state index in [0.29, 0.717) is 11.5 Å². The van der Waals surface area contributed by atoms with Crippen LogP contribution in [0.25, 0.3) is 11.1 Å². The van der Waals surface area contributed by atoms with Crippen LogP contribution in [0.3, 0.4) is 0 Å². The van der Waals surface area contributed by atoms with Gasteiger partial charge in [0.1, 0.15) is 50.1 Å². The van der Waals surface area contributed by atoms with Crippen LogP contribution in [-0.2, 0) is 19.7 Å². The number of hydrogen-bond acceptors (Lipinski definition) is 8. The zero-order valence-electron chi connectivity index (χ0n) is 23.5. The van der Waals surface area contributed by atoms with E-state index in [0.717, 1.165) is 33.4 Å². The number of fused-ring (bicyclic) bond motifs is 3. The third-order valence-electron chi connectivity index (χ3n) is 7.29. The van der Waals surface area contributed by atoms with Crippen molar-refractivity contribution in [2.45, 2.75) is 24.5 Å². The van der Waals surface area contributed by atoms with Gasteiger partial charge in [-0.05, 0) is 57.6 Å².